The Labute approximate surface area is 225 Å². The van der Waals surface area contributed by atoms with Gasteiger partial charge in [-0.25, -0.2) is 17.2 Å². The van der Waals surface area contributed by atoms with Crippen LogP contribution in [0.4, 0.5) is 8.78 Å². The second-order valence-electron chi connectivity index (χ2n) is 9.25. The zero-order valence-electron chi connectivity index (χ0n) is 21.9. The van der Waals surface area contributed by atoms with Crippen molar-refractivity contribution in [3.63, 3.8) is 0 Å². The molecule has 0 fully saturated rings. The molecule has 4 aromatic rings. The van der Waals surface area contributed by atoms with E-state index in [0.717, 1.165) is 46.0 Å². The lowest BCUT2D eigenvalue weighted by Gasteiger charge is -2.23. The number of aromatic nitrogens is 3. The van der Waals surface area contributed by atoms with Crippen molar-refractivity contribution in [2.45, 2.75) is 62.3 Å². The molecule has 10 heteroatoms. The summed E-state index contributed by atoms with van der Waals surface area (Å²) in [6.45, 7) is 5.47. The first-order valence-electron chi connectivity index (χ1n) is 12.7. The number of halogens is 2. The first kappa shape index (κ1) is 28.1. The van der Waals surface area contributed by atoms with Gasteiger partial charge in [-0.1, -0.05) is 38.5 Å². The topological polar surface area (TPSA) is 102 Å². The third-order valence-corrected chi connectivity index (χ3v) is 8.39. The van der Waals surface area contributed by atoms with Crippen molar-refractivity contribution in [1.82, 2.24) is 14.5 Å². The molecule has 0 amide bonds. The van der Waals surface area contributed by atoms with Crippen LogP contribution >= 0.6 is 0 Å². The molecule has 0 bridgehead atoms. The Morgan fingerprint density at radius 2 is 1.69 bits per heavy atom. The normalized spacial score (nSPS) is 12.4. The monoisotopic (exact) mass is 553 g/mol. The predicted molar refractivity (Wildman–Crippen MR) is 143 cm³/mol. The molecule has 0 aliphatic carbocycles. The number of hydrogen-bond acceptors (Lipinski definition) is 6. The second-order valence-corrected chi connectivity index (χ2v) is 11.1. The molecule has 0 saturated heterocycles. The maximum atomic E-state index is 14.1. The van der Waals surface area contributed by atoms with E-state index in [4.69, 9.17) is 0 Å². The number of benzene rings is 2. The van der Waals surface area contributed by atoms with Crippen LogP contribution in [0.5, 0.6) is 5.88 Å². The molecule has 2 aromatic heterocycles. The summed E-state index contributed by atoms with van der Waals surface area (Å²) in [4.78, 5) is 21.1. The molecule has 0 aliphatic rings. The van der Waals surface area contributed by atoms with Crippen LogP contribution in [-0.4, -0.2) is 28.1 Å². The largest absolute Gasteiger partial charge is 0.492 e. The molecule has 0 saturated carbocycles. The van der Waals surface area contributed by atoms with Crippen molar-refractivity contribution < 1.29 is 22.3 Å². The third-order valence-electron chi connectivity index (χ3n) is 6.60. The molecule has 0 aliphatic heterocycles. The van der Waals surface area contributed by atoms with Gasteiger partial charge in [0, 0.05) is 29.9 Å². The van der Waals surface area contributed by atoms with Crippen LogP contribution < -0.4 is 5.56 Å². The number of nitrogens with zero attached hydrogens (tertiary/aromatic N) is 3. The number of aromatic hydroxyl groups is 1. The van der Waals surface area contributed by atoms with Crippen LogP contribution in [0.25, 0.3) is 11.1 Å². The minimum absolute atomic E-state index is 0.136. The highest BCUT2D eigenvalue weighted by Crippen LogP contribution is 2.31. The Kier molecular flexibility index (Phi) is 8.25. The van der Waals surface area contributed by atoms with Gasteiger partial charge in [-0.05, 0) is 61.2 Å². The minimum atomic E-state index is -4.52. The van der Waals surface area contributed by atoms with E-state index in [9.17, 15) is 27.1 Å². The smallest absolute Gasteiger partial charge is 0.277 e. The van der Waals surface area contributed by atoms with Gasteiger partial charge in [-0.2, -0.15) is 4.98 Å². The highest BCUT2D eigenvalue weighted by molar-refractivity contribution is 7.91. The van der Waals surface area contributed by atoms with E-state index in [1.54, 1.807) is 31.3 Å². The van der Waals surface area contributed by atoms with Crippen LogP contribution in [0.1, 0.15) is 56.2 Å². The summed E-state index contributed by atoms with van der Waals surface area (Å²) in [5.41, 5.74) is 1.47. The molecule has 0 spiro atoms. The number of aryl methyl sites for hydroxylation is 2. The molecule has 204 valence electrons. The molecule has 7 nitrogen and oxygen atoms in total. The Morgan fingerprint density at radius 3 is 2.28 bits per heavy atom. The van der Waals surface area contributed by atoms with E-state index in [1.165, 1.54) is 12.1 Å². The van der Waals surface area contributed by atoms with Gasteiger partial charge in [-0.3, -0.25) is 14.3 Å². The van der Waals surface area contributed by atoms with Crippen LogP contribution in [0.2, 0.25) is 0 Å². The molecular formula is C29H29F2N3O4S. The summed E-state index contributed by atoms with van der Waals surface area (Å²) in [5.74, 6) is -2.42. The predicted octanol–water partition coefficient (Wildman–Crippen LogP) is 5.77. The molecule has 2 heterocycles. The molecule has 1 unspecified atom stereocenters. The molecule has 1 atom stereocenters. The second kappa shape index (κ2) is 11.4. The maximum absolute atomic E-state index is 14.1. The molecule has 2 aromatic carbocycles. The van der Waals surface area contributed by atoms with E-state index in [2.05, 4.69) is 9.97 Å². The third kappa shape index (κ3) is 5.61. The summed E-state index contributed by atoms with van der Waals surface area (Å²) in [6.07, 6.45) is 3.47. The first-order chi connectivity index (χ1) is 18.6. The standard InChI is InChI=1S/C29H29F2N3O4S/c1-4-6-9-26-33-28(35)27(29(36)34(26)25(5-2)20-15-21(30)17-22(31)16-20)39(37,38)23-12-10-19(11-13-23)24-8-7-14-32-18(24)3/h7-8,10-17,25,35H,4-6,9H2,1-3H3. The van der Waals surface area contributed by atoms with Crippen molar-refractivity contribution in [3.05, 3.63) is 99.9 Å². The van der Waals surface area contributed by atoms with Gasteiger partial charge >= 0.3 is 0 Å². The van der Waals surface area contributed by atoms with Crippen LogP contribution in [0.3, 0.4) is 0 Å². The summed E-state index contributed by atoms with van der Waals surface area (Å²) in [6, 6.07) is 11.5. The Morgan fingerprint density at radius 1 is 1.03 bits per heavy atom. The average molecular weight is 554 g/mol. The molecule has 39 heavy (non-hydrogen) atoms. The van der Waals surface area contributed by atoms with Crippen molar-refractivity contribution >= 4 is 9.84 Å². The van der Waals surface area contributed by atoms with E-state index in [0.29, 0.717) is 6.42 Å². The number of hydrogen-bond donors (Lipinski definition) is 1. The highest BCUT2D eigenvalue weighted by Gasteiger charge is 2.31. The molecule has 1 N–H and O–H groups in total. The van der Waals surface area contributed by atoms with E-state index < -0.39 is 43.8 Å². The zero-order valence-corrected chi connectivity index (χ0v) is 22.7. The Hall–Kier alpha value is -3.92. The van der Waals surface area contributed by atoms with Crippen molar-refractivity contribution in [2.75, 3.05) is 0 Å². The van der Waals surface area contributed by atoms with Gasteiger partial charge in [-0.15, -0.1) is 0 Å². The fourth-order valence-electron chi connectivity index (χ4n) is 4.67. The summed E-state index contributed by atoms with van der Waals surface area (Å²) in [5, 5.41) is 10.7. The first-order valence-corrected chi connectivity index (χ1v) is 14.1. The minimum Gasteiger partial charge on any atom is -0.492 e. The molecular weight excluding hydrogens is 524 g/mol. The van der Waals surface area contributed by atoms with Crippen molar-refractivity contribution in [2.24, 2.45) is 0 Å². The number of pyridine rings is 1. The van der Waals surface area contributed by atoms with E-state index in [1.807, 2.05) is 19.9 Å². The fraction of sp³-hybridized carbons (Fsp3) is 0.276. The lowest BCUT2D eigenvalue weighted by atomic mass is 10.0. The van der Waals surface area contributed by atoms with Crippen LogP contribution in [0, 0.1) is 18.6 Å². The summed E-state index contributed by atoms with van der Waals surface area (Å²) < 4.78 is 56.7. The quantitative estimate of drug-likeness (QED) is 0.282. The lowest BCUT2D eigenvalue weighted by molar-refractivity contribution is 0.406. The van der Waals surface area contributed by atoms with Gasteiger partial charge in [0.2, 0.25) is 15.7 Å². The Bertz CT molecular complexity index is 1650. The van der Waals surface area contributed by atoms with Gasteiger partial charge in [0.15, 0.2) is 4.90 Å². The zero-order chi connectivity index (χ0) is 28.3. The van der Waals surface area contributed by atoms with E-state index in [-0.39, 0.29) is 29.1 Å². The van der Waals surface area contributed by atoms with Gasteiger partial charge in [0.05, 0.1) is 10.9 Å². The van der Waals surface area contributed by atoms with Crippen LogP contribution in [-0.2, 0) is 16.3 Å². The van der Waals surface area contributed by atoms with Crippen LogP contribution in [0.15, 0.2) is 75.4 Å². The highest BCUT2D eigenvalue weighted by atomic mass is 32.2. The molecule has 4 rings (SSSR count). The van der Waals surface area contributed by atoms with Crippen molar-refractivity contribution in [1.29, 1.82) is 0 Å². The molecule has 0 radical (unpaired) electrons. The maximum Gasteiger partial charge on any atom is 0.277 e. The summed E-state index contributed by atoms with van der Waals surface area (Å²) in [7, 11) is -4.52. The van der Waals surface area contributed by atoms with E-state index >= 15 is 0 Å². The van der Waals surface area contributed by atoms with Gasteiger partial charge in [0.25, 0.3) is 5.56 Å². The SMILES string of the molecule is CCCCc1nc(O)c(S(=O)(=O)c2ccc(-c3cccnc3C)cc2)c(=O)n1C(CC)c1cc(F)cc(F)c1. The summed E-state index contributed by atoms with van der Waals surface area (Å²) >= 11 is 0. The average Bonchev–Trinajstić information content (AvgIpc) is 2.89. The number of unbranched alkanes of at least 4 members (excludes halogenated alkanes) is 1. The van der Waals surface area contributed by atoms with Crippen molar-refractivity contribution in [3.8, 4) is 17.0 Å². The van der Waals surface area contributed by atoms with Gasteiger partial charge < -0.3 is 5.11 Å². The lowest BCUT2D eigenvalue weighted by Crippen LogP contribution is -2.33. The van der Waals surface area contributed by atoms with Gasteiger partial charge in [0.1, 0.15) is 17.5 Å². The fourth-order valence-corrected chi connectivity index (χ4v) is 6.02. The Balaban J connectivity index is 1.89. The number of rotatable bonds is 9. The number of sulfone groups is 1.